The van der Waals surface area contributed by atoms with Crippen LogP contribution in [0.4, 0.5) is 0 Å². The van der Waals surface area contributed by atoms with E-state index in [4.69, 9.17) is 5.73 Å². The Morgan fingerprint density at radius 2 is 1.84 bits per heavy atom. The largest absolute Gasteiger partial charge is 0.356 e. The van der Waals surface area contributed by atoms with Crippen molar-refractivity contribution in [2.75, 3.05) is 13.1 Å². The highest BCUT2D eigenvalue weighted by atomic mass is 16.1. The lowest BCUT2D eigenvalue weighted by molar-refractivity contribution is -0.126. The first kappa shape index (κ1) is 16.5. The summed E-state index contributed by atoms with van der Waals surface area (Å²) in [6, 6.07) is 0. The average Bonchev–Trinajstić information content (AvgIpc) is 2.35. The number of nitrogens with two attached hydrogens (primary N) is 1. The zero-order chi connectivity index (χ0) is 14.5. The van der Waals surface area contributed by atoms with Crippen LogP contribution in [0.1, 0.15) is 59.8 Å². The van der Waals surface area contributed by atoms with Crippen LogP contribution in [-0.4, -0.2) is 19.0 Å². The van der Waals surface area contributed by atoms with E-state index in [1.54, 1.807) is 0 Å². The van der Waals surface area contributed by atoms with Gasteiger partial charge in [-0.2, -0.15) is 0 Å². The summed E-state index contributed by atoms with van der Waals surface area (Å²) < 4.78 is 0. The molecule has 1 aliphatic rings. The second kappa shape index (κ2) is 7.28. The molecule has 0 aliphatic heterocycles. The number of carbonyl (C=O) groups excluding carboxylic acids is 1. The lowest BCUT2D eigenvalue weighted by Crippen LogP contribution is -2.37. The van der Waals surface area contributed by atoms with E-state index in [2.05, 4.69) is 33.0 Å². The van der Waals surface area contributed by atoms with Gasteiger partial charge in [0.15, 0.2) is 0 Å². The van der Waals surface area contributed by atoms with Gasteiger partial charge < -0.3 is 11.1 Å². The van der Waals surface area contributed by atoms with Gasteiger partial charge in [-0.15, -0.1) is 0 Å². The van der Waals surface area contributed by atoms with Crippen molar-refractivity contribution in [1.29, 1.82) is 0 Å². The Hall–Kier alpha value is -0.570. The smallest absolute Gasteiger partial charge is 0.223 e. The van der Waals surface area contributed by atoms with Crippen molar-refractivity contribution in [1.82, 2.24) is 5.32 Å². The standard InChI is InChI=1S/C16H32N2O/c1-12(9-10-17)11-18-15(19)13-5-7-14(8-6-13)16(2,3)4/h12-14H,5-11,17H2,1-4H3,(H,18,19). The van der Waals surface area contributed by atoms with E-state index in [0.29, 0.717) is 17.9 Å². The van der Waals surface area contributed by atoms with Gasteiger partial charge in [-0.1, -0.05) is 27.7 Å². The average molecular weight is 268 g/mol. The number of rotatable bonds is 5. The fourth-order valence-electron chi connectivity index (χ4n) is 3.03. The molecule has 1 amide bonds. The van der Waals surface area contributed by atoms with Gasteiger partial charge in [0.2, 0.25) is 5.91 Å². The fraction of sp³-hybridized carbons (Fsp3) is 0.938. The van der Waals surface area contributed by atoms with Crippen molar-refractivity contribution < 1.29 is 4.79 Å². The number of hydrogen-bond acceptors (Lipinski definition) is 2. The van der Waals surface area contributed by atoms with Crippen molar-refractivity contribution >= 4 is 5.91 Å². The molecule has 0 aromatic rings. The van der Waals surface area contributed by atoms with E-state index >= 15 is 0 Å². The molecule has 3 heteroatoms. The van der Waals surface area contributed by atoms with Crippen molar-refractivity contribution in [3.63, 3.8) is 0 Å². The molecule has 0 aromatic carbocycles. The van der Waals surface area contributed by atoms with Crippen molar-refractivity contribution in [3.05, 3.63) is 0 Å². The third-order valence-corrected chi connectivity index (χ3v) is 4.61. The van der Waals surface area contributed by atoms with Crippen LogP contribution >= 0.6 is 0 Å². The van der Waals surface area contributed by atoms with E-state index in [0.717, 1.165) is 31.7 Å². The summed E-state index contributed by atoms with van der Waals surface area (Å²) in [6.07, 6.45) is 5.48. The van der Waals surface area contributed by atoms with Crippen molar-refractivity contribution in [3.8, 4) is 0 Å². The van der Waals surface area contributed by atoms with Crippen LogP contribution < -0.4 is 11.1 Å². The van der Waals surface area contributed by atoms with Crippen LogP contribution in [0, 0.1) is 23.2 Å². The number of amides is 1. The molecular formula is C16H32N2O. The van der Waals surface area contributed by atoms with Crippen molar-refractivity contribution in [2.24, 2.45) is 28.9 Å². The number of carbonyl (C=O) groups is 1. The molecule has 0 bridgehead atoms. The molecular weight excluding hydrogens is 236 g/mol. The third kappa shape index (κ3) is 5.52. The SMILES string of the molecule is CC(CCN)CNC(=O)C1CCC(C(C)(C)C)CC1. The van der Waals surface area contributed by atoms with Gasteiger partial charge in [-0.3, -0.25) is 4.79 Å². The predicted octanol–water partition coefficient (Wildman–Crippen LogP) is 2.94. The van der Waals surface area contributed by atoms with Gasteiger partial charge in [0, 0.05) is 12.5 Å². The molecule has 1 atom stereocenters. The van der Waals surface area contributed by atoms with Gasteiger partial charge in [0.25, 0.3) is 0 Å². The third-order valence-electron chi connectivity index (χ3n) is 4.61. The quantitative estimate of drug-likeness (QED) is 0.805. The van der Waals surface area contributed by atoms with E-state index < -0.39 is 0 Å². The first-order chi connectivity index (χ1) is 8.84. The monoisotopic (exact) mass is 268 g/mol. The predicted molar refractivity (Wildman–Crippen MR) is 80.7 cm³/mol. The zero-order valence-electron chi connectivity index (χ0n) is 13.2. The molecule has 0 spiro atoms. The molecule has 0 heterocycles. The van der Waals surface area contributed by atoms with Gasteiger partial charge >= 0.3 is 0 Å². The Labute approximate surface area is 118 Å². The van der Waals surface area contributed by atoms with Crippen molar-refractivity contribution in [2.45, 2.75) is 59.8 Å². The second-order valence-electron chi connectivity index (χ2n) is 7.34. The Morgan fingerprint density at radius 1 is 1.26 bits per heavy atom. The summed E-state index contributed by atoms with van der Waals surface area (Å²) in [5, 5.41) is 3.10. The molecule has 1 aliphatic carbocycles. The molecule has 1 saturated carbocycles. The van der Waals surface area contributed by atoms with Gasteiger partial charge in [-0.25, -0.2) is 0 Å². The summed E-state index contributed by atoms with van der Waals surface area (Å²) >= 11 is 0. The summed E-state index contributed by atoms with van der Waals surface area (Å²) in [6.45, 7) is 10.6. The molecule has 3 N–H and O–H groups in total. The van der Waals surface area contributed by atoms with Crippen LogP contribution in [0.2, 0.25) is 0 Å². The zero-order valence-corrected chi connectivity index (χ0v) is 13.2. The highest BCUT2D eigenvalue weighted by molar-refractivity contribution is 5.78. The molecule has 112 valence electrons. The maximum absolute atomic E-state index is 12.1. The summed E-state index contributed by atoms with van der Waals surface area (Å²) in [7, 11) is 0. The summed E-state index contributed by atoms with van der Waals surface area (Å²) in [4.78, 5) is 12.1. The van der Waals surface area contributed by atoms with Gasteiger partial charge in [-0.05, 0) is 55.9 Å². The molecule has 1 unspecified atom stereocenters. The number of hydrogen-bond donors (Lipinski definition) is 2. The van der Waals surface area contributed by atoms with E-state index in [1.807, 2.05) is 0 Å². The molecule has 19 heavy (non-hydrogen) atoms. The topological polar surface area (TPSA) is 55.1 Å². The normalized spacial score (nSPS) is 25.9. The molecule has 1 rings (SSSR count). The first-order valence-corrected chi connectivity index (χ1v) is 7.82. The van der Waals surface area contributed by atoms with Crippen LogP contribution in [0.25, 0.3) is 0 Å². The van der Waals surface area contributed by atoms with Crippen LogP contribution in [-0.2, 0) is 4.79 Å². The maximum atomic E-state index is 12.1. The fourth-order valence-corrected chi connectivity index (χ4v) is 3.03. The molecule has 3 nitrogen and oxygen atoms in total. The molecule has 1 fully saturated rings. The molecule has 0 saturated heterocycles. The second-order valence-corrected chi connectivity index (χ2v) is 7.34. The van der Waals surface area contributed by atoms with E-state index in [1.165, 1.54) is 12.8 Å². The summed E-state index contributed by atoms with van der Waals surface area (Å²) in [5.41, 5.74) is 5.91. The van der Waals surface area contributed by atoms with Gasteiger partial charge in [0.1, 0.15) is 0 Å². The molecule has 0 radical (unpaired) electrons. The minimum atomic E-state index is 0.240. The Kier molecular flexibility index (Phi) is 6.31. The molecule has 0 aromatic heterocycles. The summed E-state index contributed by atoms with van der Waals surface area (Å²) in [5.74, 6) is 1.76. The van der Waals surface area contributed by atoms with E-state index in [9.17, 15) is 4.79 Å². The van der Waals surface area contributed by atoms with Crippen LogP contribution in [0.15, 0.2) is 0 Å². The van der Waals surface area contributed by atoms with Crippen LogP contribution in [0.3, 0.4) is 0 Å². The highest BCUT2D eigenvalue weighted by Crippen LogP contribution is 2.39. The maximum Gasteiger partial charge on any atom is 0.223 e. The van der Waals surface area contributed by atoms with E-state index in [-0.39, 0.29) is 11.8 Å². The lowest BCUT2D eigenvalue weighted by atomic mass is 9.69. The van der Waals surface area contributed by atoms with Gasteiger partial charge in [0.05, 0.1) is 0 Å². The highest BCUT2D eigenvalue weighted by Gasteiger charge is 2.32. The Bertz CT molecular complexity index is 275. The minimum Gasteiger partial charge on any atom is -0.356 e. The van der Waals surface area contributed by atoms with Crippen LogP contribution in [0.5, 0.6) is 0 Å². The minimum absolute atomic E-state index is 0.240. The Morgan fingerprint density at radius 3 is 2.32 bits per heavy atom. The first-order valence-electron chi connectivity index (χ1n) is 7.82. The lowest BCUT2D eigenvalue weighted by Gasteiger charge is -2.36. The Balaban J connectivity index is 2.29. The number of nitrogens with one attached hydrogen (secondary N) is 1.